The van der Waals surface area contributed by atoms with Crippen molar-refractivity contribution in [2.45, 2.75) is 6.92 Å². The fourth-order valence-corrected chi connectivity index (χ4v) is 1.80. The van der Waals surface area contributed by atoms with E-state index < -0.39 is 0 Å². The van der Waals surface area contributed by atoms with Gasteiger partial charge in [-0.15, -0.1) is 0 Å². The third-order valence-corrected chi connectivity index (χ3v) is 2.65. The summed E-state index contributed by atoms with van der Waals surface area (Å²) in [5, 5.41) is 6.83. The number of nitrogens with zero attached hydrogens (tertiary/aromatic N) is 1. The number of hydrogen-bond acceptors (Lipinski definition) is 4. The molecule has 0 aliphatic rings. The number of nitrogens with two attached hydrogens (primary N) is 1. The molecule has 0 spiro atoms. The first kappa shape index (κ1) is 11.3. The van der Waals surface area contributed by atoms with Gasteiger partial charge >= 0.3 is 0 Å². The summed E-state index contributed by atoms with van der Waals surface area (Å²) in [7, 11) is 3.23. The maximum Gasteiger partial charge on any atom is 0.130 e. The lowest BCUT2D eigenvalue weighted by Crippen LogP contribution is -1.93. The Kier molecular flexibility index (Phi) is 2.91. The van der Waals surface area contributed by atoms with E-state index in [1.807, 2.05) is 25.1 Å². The molecule has 1 heterocycles. The van der Waals surface area contributed by atoms with Crippen LogP contribution in [0.3, 0.4) is 0 Å². The minimum absolute atomic E-state index is 0.533. The van der Waals surface area contributed by atoms with Crippen LogP contribution in [0.1, 0.15) is 5.69 Å². The maximum atomic E-state index is 5.86. The monoisotopic (exact) mass is 233 g/mol. The van der Waals surface area contributed by atoms with E-state index in [0.29, 0.717) is 11.6 Å². The Morgan fingerprint density at radius 1 is 1.24 bits per heavy atom. The van der Waals surface area contributed by atoms with E-state index in [0.717, 1.165) is 22.6 Å². The van der Waals surface area contributed by atoms with Crippen molar-refractivity contribution in [2.24, 2.45) is 0 Å². The van der Waals surface area contributed by atoms with Gasteiger partial charge in [-0.1, -0.05) is 0 Å². The lowest BCUT2D eigenvalue weighted by molar-refractivity contribution is 0.395. The number of rotatable bonds is 3. The molecule has 1 aromatic heterocycles. The Morgan fingerprint density at radius 2 is 2.00 bits per heavy atom. The van der Waals surface area contributed by atoms with E-state index in [9.17, 15) is 0 Å². The van der Waals surface area contributed by atoms with Crippen molar-refractivity contribution < 1.29 is 9.47 Å². The first-order valence-electron chi connectivity index (χ1n) is 5.20. The van der Waals surface area contributed by atoms with Gasteiger partial charge in [0.05, 0.1) is 25.5 Å². The number of aromatic amines is 1. The van der Waals surface area contributed by atoms with Crippen LogP contribution >= 0.6 is 0 Å². The highest BCUT2D eigenvalue weighted by Gasteiger charge is 2.15. The first-order valence-corrected chi connectivity index (χ1v) is 5.20. The topological polar surface area (TPSA) is 73.2 Å². The van der Waals surface area contributed by atoms with Crippen molar-refractivity contribution in [2.75, 3.05) is 20.0 Å². The highest BCUT2D eigenvalue weighted by molar-refractivity contribution is 5.81. The zero-order valence-electron chi connectivity index (χ0n) is 10.1. The second-order valence-electron chi connectivity index (χ2n) is 3.66. The van der Waals surface area contributed by atoms with Crippen molar-refractivity contribution in [3.8, 4) is 22.6 Å². The summed E-state index contributed by atoms with van der Waals surface area (Å²) in [5.41, 5.74) is 8.47. The van der Waals surface area contributed by atoms with Crippen molar-refractivity contribution >= 4 is 5.82 Å². The number of hydrogen-bond donors (Lipinski definition) is 2. The molecule has 0 saturated carbocycles. The van der Waals surface area contributed by atoms with E-state index >= 15 is 0 Å². The second kappa shape index (κ2) is 4.37. The molecule has 0 saturated heterocycles. The Morgan fingerprint density at radius 3 is 2.53 bits per heavy atom. The number of ether oxygens (including phenoxy) is 2. The number of aromatic nitrogens is 2. The summed E-state index contributed by atoms with van der Waals surface area (Å²) in [6, 6.07) is 5.59. The molecule has 3 N–H and O–H groups in total. The molecule has 17 heavy (non-hydrogen) atoms. The third-order valence-electron chi connectivity index (χ3n) is 2.65. The van der Waals surface area contributed by atoms with Gasteiger partial charge in [0.2, 0.25) is 0 Å². The molecule has 0 aliphatic heterocycles. The molecule has 2 rings (SSSR count). The second-order valence-corrected chi connectivity index (χ2v) is 3.66. The predicted molar refractivity (Wildman–Crippen MR) is 66.3 cm³/mol. The van der Waals surface area contributed by atoms with Gasteiger partial charge in [0.1, 0.15) is 17.3 Å². The van der Waals surface area contributed by atoms with E-state index in [1.165, 1.54) is 0 Å². The smallest absolute Gasteiger partial charge is 0.130 e. The Hall–Kier alpha value is -2.17. The SMILES string of the molecule is COc1ccc(-c2c(C)n[nH]c2N)c(OC)c1. The van der Waals surface area contributed by atoms with Crippen molar-refractivity contribution in [3.05, 3.63) is 23.9 Å². The Balaban J connectivity index is 2.59. The largest absolute Gasteiger partial charge is 0.497 e. The van der Waals surface area contributed by atoms with Crippen molar-refractivity contribution in [1.82, 2.24) is 10.2 Å². The summed E-state index contributed by atoms with van der Waals surface area (Å²) in [5.74, 6) is 1.98. The molecule has 0 atom stereocenters. The van der Waals surface area contributed by atoms with Crippen LogP contribution < -0.4 is 15.2 Å². The van der Waals surface area contributed by atoms with E-state index in [2.05, 4.69) is 10.2 Å². The first-order chi connectivity index (χ1) is 8.17. The normalized spacial score (nSPS) is 10.3. The number of nitrogens with one attached hydrogen (secondary N) is 1. The van der Waals surface area contributed by atoms with Crippen LogP contribution in [0.25, 0.3) is 11.1 Å². The molecule has 5 nitrogen and oxygen atoms in total. The molecule has 0 radical (unpaired) electrons. The van der Waals surface area contributed by atoms with Crippen LogP contribution in [0.4, 0.5) is 5.82 Å². The summed E-state index contributed by atoms with van der Waals surface area (Å²) in [6.07, 6.45) is 0. The van der Waals surface area contributed by atoms with Crippen LogP contribution in [0.2, 0.25) is 0 Å². The van der Waals surface area contributed by atoms with Crippen LogP contribution in [0.15, 0.2) is 18.2 Å². The quantitative estimate of drug-likeness (QED) is 0.850. The van der Waals surface area contributed by atoms with Gasteiger partial charge in [-0.3, -0.25) is 5.10 Å². The van der Waals surface area contributed by atoms with Crippen molar-refractivity contribution in [3.63, 3.8) is 0 Å². The van der Waals surface area contributed by atoms with Crippen LogP contribution in [0.5, 0.6) is 11.5 Å². The van der Waals surface area contributed by atoms with E-state index in [1.54, 1.807) is 14.2 Å². The fourth-order valence-electron chi connectivity index (χ4n) is 1.80. The summed E-state index contributed by atoms with van der Waals surface area (Å²) >= 11 is 0. The molecular formula is C12H15N3O2. The van der Waals surface area contributed by atoms with E-state index in [4.69, 9.17) is 15.2 Å². The van der Waals surface area contributed by atoms with Gasteiger partial charge in [0, 0.05) is 11.6 Å². The third kappa shape index (κ3) is 1.91. The fraction of sp³-hybridized carbons (Fsp3) is 0.250. The number of anilines is 1. The molecule has 0 bridgehead atoms. The average Bonchev–Trinajstić information content (AvgIpc) is 2.68. The van der Waals surface area contributed by atoms with Gasteiger partial charge in [0.15, 0.2) is 0 Å². The minimum Gasteiger partial charge on any atom is -0.497 e. The number of aryl methyl sites for hydroxylation is 1. The molecule has 0 amide bonds. The van der Waals surface area contributed by atoms with Crippen molar-refractivity contribution in [1.29, 1.82) is 0 Å². The Bertz CT molecular complexity index is 515. The maximum absolute atomic E-state index is 5.86. The van der Waals surface area contributed by atoms with Gasteiger partial charge in [-0.2, -0.15) is 5.10 Å². The summed E-state index contributed by atoms with van der Waals surface area (Å²) in [4.78, 5) is 0. The van der Waals surface area contributed by atoms with Gasteiger partial charge in [0.25, 0.3) is 0 Å². The number of nitrogen functional groups attached to an aromatic ring is 1. The molecule has 0 fully saturated rings. The lowest BCUT2D eigenvalue weighted by atomic mass is 10.0. The molecule has 5 heteroatoms. The molecule has 2 aromatic rings. The molecule has 1 aromatic carbocycles. The number of H-pyrrole nitrogens is 1. The van der Waals surface area contributed by atoms with Gasteiger partial charge in [-0.25, -0.2) is 0 Å². The molecule has 0 unspecified atom stereocenters. The molecular weight excluding hydrogens is 218 g/mol. The van der Waals surface area contributed by atoms with Crippen LogP contribution in [0, 0.1) is 6.92 Å². The van der Waals surface area contributed by atoms with E-state index in [-0.39, 0.29) is 0 Å². The standard InChI is InChI=1S/C12H15N3O2/c1-7-11(12(13)15-14-7)9-5-4-8(16-2)6-10(9)17-3/h4-6H,1-3H3,(H3,13,14,15). The number of benzene rings is 1. The summed E-state index contributed by atoms with van der Waals surface area (Å²) < 4.78 is 10.5. The highest BCUT2D eigenvalue weighted by Crippen LogP contribution is 2.37. The predicted octanol–water partition coefficient (Wildman–Crippen LogP) is 1.98. The van der Waals surface area contributed by atoms with Crippen LogP contribution in [-0.2, 0) is 0 Å². The molecule has 0 aliphatic carbocycles. The lowest BCUT2D eigenvalue weighted by Gasteiger charge is -2.10. The van der Waals surface area contributed by atoms with Crippen LogP contribution in [-0.4, -0.2) is 24.4 Å². The average molecular weight is 233 g/mol. The number of methoxy groups -OCH3 is 2. The Labute approximate surface area is 99.5 Å². The zero-order valence-corrected chi connectivity index (χ0v) is 10.1. The molecule has 90 valence electrons. The summed E-state index contributed by atoms with van der Waals surface area (Å²) in [6.45, 7) is 1.89. The highest BCUT2D eigenvalue weighted by atomic mass is 16.5. The van der Waals surface area contributed by atoms with Gasteiger partial charge in [-0.05, 0) is 19.1 Å². The minimum atomic E-state index is 0.533. The van der Waals surface area contributed by atoms with Gasteiger partial charge < -0.3 is 15.2 Å². The zero-order chi connectivity index (χ0) is 12.4.